The van der Waals surface area contributed by atoms with Gasteiger partial charge < -0.3 is 16.4 Å². The average molecular weight is 404 g/mol. The van der Waals surface area contributed by atoms with Crippen molar-refractivity contribution in [3.63, 3.8) is 0 Å². The van der Waals surface area contributed by atoms with Crippen molar-refractivity contribution >= 4 is 33.3 Å². The molecule has 150 valence electrons. The van der Waals surface area contributed by atoms with Gasteiger partial charge in [-0.05, 0) is 42.8 Å². The molecule has 2 aromatic rings. The predicted octanol–water partition coefficient (Wildman–Crippen LogP) is 2.77. The Hall–Kier alpha value is -2.91. The van der Waals surface area contributed by atoms with Crippen molar-refractivity contribution in [2.75, 3.05) is 23.7 Å². The van der Waals surface area contributed by atoms with Crippen LogP contribution in [0.2, 0.25) is 0 Å². The van der Waals surface area contributed by atoms with Crippen LogP contribution in [0.3, 0.4) is 0 Å². The fourth-order valence-corrected chi connectivity index (χ4v) is 4.22. The second-order valence-corrected chi connectivity index (χ2v) is 8.03. The van der Waals surface area contributed by atoms with Gasteiger partial charge in [0.25, 0.3) is 5.91 Å². The molecule has 0 saturated carbocycles. The smallest absolute Gasteiger partial charge is 0.316 e. The zero-order valence-corrected chi connectivity index (χ0v) is 16.8. The predicted molar refractivity (Wildman–Crippen MR) is 109 cm³/mol. The van der Waals surface area contributed by atoms with Crippen LogP contribution in [0.5, 0.6) is 0 Å². The lowest BCUT2D eigenvalue weighted by Gasteiger charge is -2.19. The van der Waals surface area contributed by atoms with Crippen LogP contribution in [0.1, 0.15) is 29.8 Å². The zero-order chi connectivity index (χ0) is 20.9. The molecule has 0 unspecified atom stereocenters. The van der Waals surface area contributed by atoms with Crippen LogP contribution >= 0.6 is 0 Å². The minimum atomic E-state index is -3.68. The number of amides is 3. The number of carbonyl (C=O) groups is 2. The van der Waals surface area contributed by atoms with Gasteiger partial charge in [-0.2, -0.15) is 4.31 Å². The standard InChI is InChI=1S/C19H24N4O4S/c1-4-23(5-2)28(26,27)16-10-9-13(3)17(12-16)18(24)21-14-7-6-8-15(11-14)22-19(20)25/h6-12H,4-5H2,1-3H3,(H,21,24)(H3,20,22,25). The molecule has 0 aliphatic carbocycles. The molecular formula is C19H24N4O4S. The van der Waals surface area contributed by atoms with Gasteiger partial charge in [0.05, 0.1) is 4.90 Å². The van der Waals surface area contributed by atoms with E-state index >= 15 is 0 Å². The molecule has 2 aromatic carbocycles. The summed E-state index contributed by atoms with van der Waals surface area (Å²) in [5, 5.41) is 5.14. The number of nitrogens with two attached hydrogens (primary N) is 1. The van der Waals surface area contributed by atoms with Crippen LogP contribution in [0.25, 0.3) is 0 Å². The number of hydrogen-bond acceptors (Lipinski definition) is 4. The fraction of sp³-hybridized carbons (Fsp3) is 0.263. The minimum Gasteiger partial charge on any atom is -0.351 e. The molecule has 0 radical (unpaired) electrons. The first-order chi connectivity index (χ1) is 13.2. The third-order valence-corrected chi connectivity index (χ3v) is 6.23. The van der Waals surface area contributed by atoms with Gasteiger partial charge in [0.1, 0.15) is 0 Å². The van der Waals surface area contributed by atoms with Gasteiger partial charge in [-0.25, -0.2) is 13.2 Å². The summed E-state index contributed by atoms with van der Waals surface area (Å²) < 4.78 is 26.8. The van der Waals surface area contributed by atoms with Gasteiger partial charge in [0.2, 0.25) is 10.0 Å². The maximum atomic E-state index is 12.7. The third-order valence-electron chi connectivity index (χ3n) is 4.18. The SMILES string of the molecule is CCN(CC)S(=O)(=O)c1ccc(C)c(C(=O)Nc2cccc(NC(N)=O)c2)c1. The van der Waals surface area contributed by atoms with Gasteiger partial charge >= 0.3 is 6.03 Å². The minimum absolute atomic E-state index is 0.0658. The second kappa shape index (κ2) is 8.85. The number of rotatable bonds is 7. The third kappa shape index (κ3) is 4.87. The number of hydrogen-bond donors (Lipinski definition) is 3. The van der Waals surface area contributed by atoms with Gasteiger partial charge in [-0.3, -0.25) is 4.79 Å². The molecule has 28 heavy (non-hydrogen) atoms. The quantitative estimate of drug-likeness (QED) is 0.657. The largest absolute Gasteiger partial charge is 0.351 e. The van der Waals surface area contributed by atoms with Crippen LogP contribution in [-0.4, -0.2) is 37.8 Å². The number of benzene rings is 2. The molecule has 3 amide bonds. The summed E-state index contributed by atoms with van der Waals surface area (Å²) in [6, 6.07) is 10.2. The lowest BCUT2D eigenvalue weighted by molar-refractivity contribution is 0.102. The number of sulfonamides is 1. The van der Waals surface area contributed by atoms with Gasteiger partial charge in [-0.15, -0.1) is 0 Å². The topological polar surface area (TPSA) is 122 Å². The summed E-state index contributed by atoms with van der Waals surface area (Å²) in [6.45, 7) is 5.93. The Labute approximate surface area is 164 Å². The normalized spacial score (nSPS) is 11.3. The highest BCUT2D eigenvalue weighted by molar-refractivity contribution is 7.89. The van der Waals surface area contributed by atoms with Crippen molar-refractivity contribution in [2.24, 2.45) is 5.73 Å². The summed E-state index contributed by atoms with van der Waals surface area (Å²) in [4.78, 5) is 23.8. The van der Waals surface area contributed by atoms with Crippen LogP contribution in [0.4, 0.5) is 16.2 Å². The van der Waals surface area contributed by atoms with Crippen molar-refractivity contribution in [2.45, 2.75) is 25.7 Å². The zero-order valence-electron chi connectivity index (χ0n) is 16.0. The van der Waals surface area contributed by atoms with E-state index in [1.54, 1.807) is 51.1 Å². The van der Waals surface area contributed by atoms with Crippen LogP contribution in [0.15, 0.2) is 47.4 Å². The molecule has 0 fully saturated rings. The van der Waals surface area contributed by atoms with Gasteiger partial charge in [0, 0.05) is 30.0 Å². The number of nitrogens with one attached hydrogen (secondary N) is 2. The van der Waals surface area contributed by atoms with E-state index in [0.29, 0.717) is 30.0 Å². The summed E-state index contributed by atoms with van der Waals surface area (Å²) in [7, 11) is -3.68. The van der Waals surface area contributed by atoms with E-state index in [2.05, 4.69) is 10.6 Å². The number of urea groups is 1. The Morgan fingerprint density at radius 2 is 1.61 bits per heavy atom. The van der Waals surface area contributed by atoms with Crippen LogP contribution in [-0.2, 0) is 10.0 Å². The van der Waals surface area contributed by atoms with Crippen molar-refractivity contribution in [3.05, 3.63) is 53.6 Å². The molecule has 2 rings (SSSR count). The molecule has 8 nitrogen and oxygen atoms in total. The number of carbonyl (C=O) groups excluding carboxylic acids is 2. The van der Waals surface area contributed by atoms with Gasteiger partial charge in [0.15, 0.2) is 0 Å². The highest BCUT2D eigenvalue weighted by Crippen LogP contribution is 2.21. The molecule has 0 saturated heterocycles. The Kier molecular flexibility index (Phi) is 6.76. The average Bonchev–Trinajstić information content (AvgIpc) is 2.62. The maximum absolute atomic E-state index is 12.7. The Morgan fingerprint density at radius 3 is 2.18 bits per heavy atom. The Morgan fingerprint density at radius 1 is 1.00 bits per heavy atom. The lowest BCUT2D eigenvalue weighted by Crippen LogP contribution is -2.30. The van der Waals surface area contributed by atoms with E-state index in [-0.39, 0.29) is 10.5 Å². The number of primary amides is 1. The first-order valence-electron chi connectivity index (χ1n) is 8.77. The second-order valence-electron chi connectivity index (χ2n) is 6.09. The Balaban J connectivity index is 2.33. The van der Waals surface area contributed by atoms with Crippen molar-refractivity contribution in [1.29, 1.82) is 0 Å². The summed E-state index contributed by atoms with van der Waals surface area (Å²) in [5.41, 5.74) is 6.85. The van der Waals surface area contributed by atoms with E-state index in [9.17, 15) is 18.0 Å². The van der Waals surface area contributed by atoms with Gasteiger partial charge in [-0.1, -0.05) is 26.0 Å². The van der Waals surface area contributed by atoms with Crippen LogP contribution in [0, 0.1) is 6.92 Å². The maximum Gasteiger partial charge on any atom is 0.316 e. The Bertz CT molecular complexity index is 985. The number of anilines is 2. The fourth-order valence-electron chi connectivity index (χ4n) is 2.73. The molecule has 0 bridgehead atoms. The summed E-state index contributed by atoms with van der Waals surface area (Å²) in [6.07, 6.45) is 0. The first kappa shape index (κ1) is 21.4. The van der Waals surface area contributed by atoms with E-state index in [1.165, 1.54) is 16.4 Å². The molecule has 0 spiro atoms. The molecular weight excluding hydrogens is 380 g/mol. The van der Waals surface area contributed by atoms with Crippen LogP contribution < -0.4 is 16.4 Å². The molecule has 0 aliphatic rings. The van der Waals surface area contributed by atoms with Crippen molar-refractivity contribution in [1.82, 2.24) is 4.31 Å². The molecule has 0 aromatic heterocycles. The van der Waals surface area contributed by atoms with Crippen molar-refractivity contribution < 1.29 is 18.0 Å². The molecule has 0 aliphatic heterocycles. The van der Waals surface area contributed by atoms with E-state index in [0.717, 1.165) is 0 Å². The van der Waals surface area contributed by atoms with E-state index < -0.39 is 22.0 Å². The first-order valence-corrected chi connectivity index (χ1v) is 10.2. The lowest BCUT2D eigenvalue weighted by atomic mass is 10.1. The number of aryl methyl sites for hydroxylation is 1. The highest BCUT2D eigenvalue weighted by Gasteiger charge is 2.23. The summed E-state index contributed by atoms with van der Waals surface area (Å²) >= 11 is 0. The summed E-state index contributed by atoms with van der Waals surface area (Å²) in [5.74, 6) is -0.453. The van der Waals surface area contributed by atoms with Crippen molar-refractivity contribution in [3.8, 4) is 0 Å². The highest BCUT2D eigenvalue weighted by atomic mass is 32.2. The van der Waals surface area contributed by atoms with E-state index in [1.807, 2.05) is 0 Å². The molecule has 4 N–H and O–H groups in total. The molecule has 0 heterocycles. The number of nitrogens with zero attached hydrogens (tertiary/aromatic N) is 1. The molecule has 9 heteroatoms. The monoisotopic (exact) mass is 404 g/mol. The van der Waals surface area contributed by atoms with E-state index in [4.69, 9.17) is 5.73 Å². The molecule has 0 atom stereocenters.